The summed E-state index contributed by atoms with van der Waals surface area (Å²) in [7, 11) is 2.92. The Morgan fingerprint density at radius 1 is 1.09 bits per heavy atom. The minimum atomic E-state index is -0.503. The van der Waals surface area contributed by atoms with E-state index in [1.54, 1.807) is 31.3 Å². The Bertz CT molecular complexity index is 1120. The first-order chi connectivity index (χ1) is 15.1. The Morgan fingerprint density at radius 2 is 1.75 bits per heavy atom. The van der Waals surface area contributed by atoms with Crippen LogP contribution in [0, 0.1) is 0 Å². The standard InChI is InChI=1S/C23H27N5O3S/c1-23(2,3)16-12-10-15(11-13-16)20-25-26-22(28(20)24)32-14-19(29)27(4)18-9-7-6-8-17(18)21(30)31-5/h6-13H,14,24H2,1-5H3. The maximum atomic E-state index is 12.8. The van der Waals surface area contributed by atoms with Gasteiger partial charge in [0.1, 0.15) is 0 Å². The highest BCUT2D eigenvalue weighted by atomic mass is 32.2. The second-order valence-electron chi connectivity index (χ2n) is 8.25. The molecule has 32 heavy (non-hydrogen) atoms. The number of carbonyl (C=O) groups excluding carboxylic acids is 2. The smallest absolute Gasteiger partial charge is 0.339 e. The number of nitrogens with zero attached hydrogens (tertiary/aromatic N) is 4. The van der Waals surface area contributed by atoms with Crippen molar-refractivity contribution in [1.82, 2.24) is 14.9 Å². The van der Waals surface area contributed by atoms with Gasteiger partial charge >= 0.3 is 5.97 Å². The van der Waals surface area contributed by atoms with Crippen LogP contribution >= 0.6 is 11.8 Å². The molecule has 2 N–H and O–H groups in total. The van der Waals surface area contributed by atoms with Gasteiger partial charge in [0.15, 0.2) is 5.82 Å². The lowest BCUT2D eigenvalue weighted by Crippen LogP contribution is -2.29. The molecule has 1 heterocycles. The van der Waals surface area contributed by atoms with Gasteiger partial charge in [0.25, 0.3) is 0 Å². The van der Waals surface area contributed by atoms with Crippen molar-refractivity contribution < 1.29 is 14.3 Å². The molecule has 0 aliphatic heterocycles. The number of nitrogens with two attached hydrogens (primary N) is 1. The number of aromatic nitrogens is 3. The summed E-state index contributed by atoms with van der Waals surface area (Å²) in [6.45, 7) is 6.46. The number of methoxy groups -OCH3 is 1. The highest BCUT2D eigenvalue weighted by Gasteiger charge is 2.21. The zero-order valence-electron chi connectivity index (χ0n) is 18.8. The van der Waals surface area contributed by atoms with E-state index in [4.69, 9.17) is 10.6 Å². The maximum Gasteiger partial charge on any atom is 0.339 e. The van der Waals surface area contributed by atoms with Crippen molar-refractivity contribution in [3.05, 3.63) is 59.7 Å². The molecule has 0 fully saturated rings. The normalized spacial score (nSPS) is 11.3. The minimum absolute atomic E-state index is 0.0504. The fourth-order valence-corrected chi connectivity index (χ4v) is 3.87. The van der Waals surface area contributed by atoms with E-state index < -0.39 is 5.97 Å². The molecule has 3 rings (SSSR count). The van der Waals surface area contributed by atoms with Crippen LogP contribution in [0.2, 0.25) is 0 Å². The molecule has 1 aromatic heterocycles. The number of hydrogen-bond acceptors (Lipinski definition) is 7. The van der Waals surface area contributed by atoms with Gasteiger partial charge in [-0.05, 0) is 23.1 Å². The lowest BCUT2D eigenvalue weighted by Gasteiger charge is -2.19. The first-order valence-electron chi connectivity index (χ1n) is 10.0. The molecule has 0 atom stereocenters. The lowest BCUT2D eigenvalue weighted by molar-refractivity contribution is -0.115. The third-order valence-corrected chi connectivity index (χ3v) is 5.97. The van der Waals surface area contributed by atoms with E-state index in [9.17, 15) is 9.59 Å². The van der Waals surface area contributed by atoms with Gasteiger partial charge in [0.2, 0.25) is 11.1 Å². The van der Waals surface area contributed by atoms with Crippen LogP contribution in [-0.4, -0.2) is 46.7 Å². The van der Waals surface area contributed by atoms with Gasteiger partial charge in [-0.15, -0.1) is 10.2 Å². The first kappa shape index (κ1) is 23.3. The molecule has 168 valence electrons. The summed E-state index contributed by atoms with van der Waals surface area (Å²) in [6.07, 6.45) is 0. The summed E-state index contributed by atoms with van der Waals surface area (Å²) in [5.74, 6) is 6.07. The summed E-state index contributed by atoms with van der Waals surface area (Å²) >= 11 is 1.18. The topological polar surface area (TPSA) is 103 Å². The Hall–Kier alpha value is -3.33. The van der Waals surface area contributed by atoms with E-state index in [1.807, 2.05) is 24.3 Å². The van der Waals surface area contributed by atoms with Gasteiger partial charge in [-0.2, -0.15) is 0 Å². The monoisotopic (exact) mass is 453 g/mol. The largest absolute Gasteiger partial charge is 0.465 e. The van der Waals surface area contributed by atoms with Crippen molar-refractivity contribution in [1.29, 1.82) is 0 Å². The summed E-state index contributed by atoms with van der Waals surface area (Å²) in [6, 6.07) is 14.8. The van der Waals surface area contributed by atoms with Crippen molar-refractivity contribution in [2.24, 2.45) is 0 Å². The number of hydrogen-bond donors (Lipinski definition) is 1. The van der Waals surface area contributed by atoms with Crippen LogP contribution in [0.1, 0.15) is 36.7 Å². The number of rotatable bonds is 6. The van der Waals surface area contributed by atoms with Gasteiger partial charge in [-0.3, -0.25) is 4.79 Å². The summed E-state index contributed by atoms with van der Waals surface area (Å²) in [5, 5.41) is 8.74. The number of amides is 1. The first-order valence-corrected chi connectivity index (χ1v) is 11.0. The van der Waals surface area contributed by atoms with Crippen LogP contribution < -0.4 is 10.7 Å². The predicted octanol–water partition coefficient (Wildman–Crippen LogP) is 3.50. The van der Waals surface area contributed by atoms with E-state index in [-0.39, 0.29) is 17.1 Å². The lowest BCUT2D eigenvalue weighted by atomic mass is 9.87. The van der Waals surface area contributed by atoms with Gasteiger partial charge < -0.3 is 15.5 Å². The molecule has 0 saturated heterocycles. The second-order valence-corrected chi connectivity index (χ2v) is 9.20. The third kappa shape index (κ3) is 4.94. The fourth-order valence-electron chi connectivity index (χ4n) is 3.10. The van der Waals surface area contributed by atoms with E-state index in [0.717, 1.165) is 5.56 Å². The van der Waals surface area contributed by atoms with Crippen LogP contribution in [0.15, 0.2) is 53.7 Å². The predicted molar refractivity (Wildman–Crippen MR) is 126 cm³/mol. The van der Waals surface area contributed by atoms with Crippen molar-refractivity contribution in [3.63, 3.8) is 0 Å². The van der Waals surface area contributed by atoms with E-state index in [0.29, 0.717) is 22.2 Å². The van der Waals surface area contributed by atoms with Crippen molar-refractivity contribution >= 4 is 29.3 Å². The molecule has 0 unspecified atom stereocenters. The average molecular weight is 454 g/mol. The number of nitrogen functional groups attached to an aromatic ring is 1. The molecule has 2 aromatic carbocycles. The van der Waals surface area contributed by atoms with Crippen LogP contribution in [-0.2, 0) is 14.9 Å². The number of para-hydroxylation sites is 1. The number of benzene rings is 2. The van der Waals surface area contributed by atoms with E-state index in [2.05, 4.69) is 31.0 Å². The highest BCUT2D eigenvalue weighted by molar-refractivity contribution is 7.99. The Morgan fingerprint density at radius 3 is 2.38 bits per heavy atom. The van der Waals surface area contributed by atoms with Crippen LogP contribution in [0.25, 0.3) is 11.4 Å². The molecule has 0 aliphatic carbocycles. The van der Waals surface area contributed by atoms with Crippen LogP contribution in [0.5, 0.6) is 0 Å². The van der Waals surface area contributed by atoms with Crippen LogP contribution in [0.4, 0.5) is 5.69 Å². The Labute approximate surface area is 191 Å². The van der Waals surface area contributed by atoms with E-state index >= 15 is 0 Å². The maximum absolute atomic E-state index is 12.8. The Kier molecular flexibility index (Phi) is 6.88. The summed E-state index contributed by atoms with van der Waals surface area (Å²) in [4.78, 5) is 26.2. The summed E-state index contributed by atoms with van der Waals surface area (Å²) in [5.41, 5.74) is 2.89. The molecule has 3 aromatic rings. The second kappa shape index (κ2) is 9.44. The molecular weight excluding hydrogens is 426 g/mol. The molecule has 0 radical (unpaired) electrons. The zero-order valence-corrected chi connectivity index (χ0v) is 19.6. The van der Waals surface area contributed by atoms with Gasteiger partial charge in [-0.25, -0.2) is 9.47 Å². The van der Waals surface area contributed by atoms with Gasteiger partial charge in [0.05, 0.1) is 24.1 Å². The highest BCUT2D eigenvalue weighted by Crippen LogP contribution is 2.27. The number of carbonyl (C=O) groups is 2. The van der Waals surface area contributed by atoms with Crippen LogP contribution in [0.3, 0.4) is 0 Å². The average Bonchev–Trinajstić information content (AvgIpc) is 3.16. The molecule has 0 saturated carbocycles. The van der Waals surface area contributed by atoms with E-state index in [1.165, 1.54) is 34.0 Å². The zero-order chi connectivity index (χ0) is 23.5. The molecular formula is C23H27N5O3S. The van der Waals surface area contributed by atoms with Crippen molar-refractivity contribution in [2.75, 3.05) is 30.7 Å². The molecule has 9 heteroatoms. The summed E-state index contributed by atoms with van der Waals surface area (Å²) < 4.78 is 6.18. The Balaban J connectivity index is 1.72. The van der Waals surface area contributed by atoms with Crippen molar-refractivity contribution in [2.45, 2.75) is 31.3 Å². The number of ether oxygens (including phenoxy) is 1. The molecule has 1 amide bonds. The quantitative estimate of drug-likeness (QED) is 0.346. The SMILES string of the molecule is COC(=O)c1ccccc1N(C)C(=O)CSc1nnc(-c2ccc(C(C)(C)C)cc2)n1N. The number of anilines is 1. The molecule has 0 spiro atoms. The minimum Gasteiger partial charge on any atom is -0.465 e. The fraction of sp³-hybridized carbons (Fsp3) is 0.304. The van der Waals surface area contributed by atoms with Gasteiger partial charge in [-0.1, -0.05) is 68.9 Å². The van der Waals surface area contributed by atoms with Crippen molar-refractivity contribution in [3.8, 4) is 11.4 Å². The third-order valence-electron chi connectivity index (χ3n) is 5.04. The molecule has 0 aliphatic rings. The number of esters is 1. The number of thioether (sulfide) groups is 1. The molecule has 0 bridgehead atoms. The van der Waals surface area contributed by atoms with Gasteiger partial charge in [0, 0.05) is 12.6 Å². The molecule has 8 nitrogen and oxygen atoms in total.